The molecule has 1 saturated heterocycles. The van der Waals surface area contributed by atoms with Gasteiger partial charge in [-0.1, -0.05) is 31.5 Å². The molecule has 3 rings (SSSR count). The van der Waals surface area contributed by atoms with Gasteiger partial charge in [0.05, 0.1) is 11.8 Å². The van der Waals surface area contributed by atoms with Gasteiger partial charge in [-0.05, 0) is 42.0 Å². The lowest BCUT2D eigenvalue weighted by molar-refractivity contribution is -0.119. The van der Waals surface area contributed by atoms with E-state index in [-0.39, 0.29) is 11.9 Å². The smallest absolute Gasteiger partial charge is 0.230 e. The number of amides is 1. The average molecular weight is 339 g/mol. The van der Waals surface area contributed by atoms with E-state index in [9.17, 15) is 4.79 Å². The monoisotopic (exact) mass is 339 g/mol. The SMILES string of the molecule is CC1CCCCC1NC(=O)CSc1nnnn1C1CCOCC1. The number of aromatic nitrogens is 4. The molecule has 2 aliphatic rings. The summed E-state index contributed by atoms with van der Waals surface area (Å²) in [6.45, 7) is 3.71. The van der Waals surface area contributed by atoms with Crippen molar-refractivity contribution in [3.05, 3.63) is 0 Å². The third-order valence-electron chi connectivity index (χ3n) is 4.79. The van der Waals surface area contributed by atoms with Crippen molar-refractivity contribution in [2.24, 2.45) is 5.92 Å². The number of carbonyl (C=O) groups is 1. The van der Waals surface area contributed by atoms with Crippen LogP contribution in [0.15, 0.2) is 5.16 Å². The van der Waals surface area contributed by atoms with E-state index in [1.807, 2.05) is 4.68 Å². The average Bonchev–Trinajstić information content (AvgIpc) is 3.04. The van der Waals surface area contributed by atoms with Gasteiger partial charge >= 0.3 is 0 Å². The summed E-state index contributed by atoms with van der Waals surface area (Å²) in [6, 6.07) is 0.603. The standard InChI is InChI=1S/C15H25N5O2S/c1-11-4-2-3-5-13(11)16-14(21)10-23-15-17-18-19-20(15)12-6-8-22-9-7-12/h11-13H,2-10H2,1H3,(H,16,21). The summed E-state index contributed by atoms with van der Waals surface area (Å²) in [5.74, 6) is 1.02. The van der Waals surface area contributed by atoms with Crippen molar-refractivity contribution in [2.45, 2.75) is 62.7 Å². The number of thioether (sulfide) groups is 1. The quantitative estimate of drug-likeness (QED) is 0.824. The first-order chi connectivity index (χ1) is 11.2. The summed E-state index contributed by atoms with van der Waals surface area (Å²) in [5.41, 5.74) is 0. The molecular weight excluding hydrogens is 314 g/mol. The van der Waals surface area contributed by atoms with Gasteiger partial charge in [0.2, 0.25) is 11.1 Å². The first-order valence-corrected chi connectivity index (χ1v) is 9.50. The van der Waals surface area contributed by atoms with E-state index >= 15 is 0 Å². The van der Waals surface area contributed by atoms with Gasteiger partial charge in [0, 0.05) is 19.3 Å². The van der Waals surface area contributed by atoms with Crippen LogP contribution in [-0.2, 0) is 9.53 Å². The topological polar surface area (TPSA) is 81.9 Å². The van der Waals surface area contributed by atoms with Crippen LogP contribution >= 0.6 is 11.8 Å². The maximum Gasteiger partial charge on any atom is 0.230 e. The Kier molecular flexibility index (Phi) is 5.88. The fraction of sp³-hybridized carbons (Fsp3) is 0.867. The van der Waals surface area contributed by atoms with Crippen molar-refractivity contribution < 1.29 is 9.53 Å². The van der Waals surface area contributed by atoms with Crippen LogP contribution in [0.25, 0.3) is 0 Å². The number of nitrogens with zero attached hydrogens (tertiary/aromatic N) is 4. The van der Waals surface area contributed by atoms with Crippen LogP contribution < -0.4 is 5.32 Å². The Balaban J connectivity index is 1.50. The minimum atomic E-state index is 0.0790. The molecule has 2 fully saturated rings. The molecule has 7 nitrogen and oxygen atoms in total. The number of hydrogen-bond acceptors (Lipinski definition) is 6. The lowest BCUT2D eigenvalue weighted by Crippen LogP contribution is -2.41. The molecule has 23 heavy (non-hydrogen) atoms. The van der Waals surface area contributed by atoms with Crippen LogP contribution in [0, 0.1) is 5.92 Å². The van der Waals surface area contributed by atoms with Crippen LogP contribution in [-0.4, -0.2) is 51.1 Å². The van der Waals surface area contributed by atoms with Crippen molar-refractivity contribution in [2.75, 3.05) is 19.0 Å². The number of tetrazole rings is 1. The highest BCUT2D eigenvalue weighted by Gasteiger charge is 2.24. The van der Waals surface area contributed by atoms with Crippen LogP contribution in [0.1, 0.15) is 51.5 Å². The molecule has 1 amide bonds. The van der Waals surface area contributed by atoms with Gasteiger partial charge in [-0.3, -0.25) is 4.79 Å². The molecule has 2 heterocycles. The van der Waals surface area contributed by atoms with Gasteiger partial charge in [-0.25, -0.2) is 4.68 Å². The Morgan fingerprint density at radius 1 is 1.30 bits per heavy atom. The van der Waals surface area contributed by atoms with Crippen LogP contribution in [0.4, 0.5) is 0 Å². The Hall–Kier alpha value is -1.15. The van der Waals surface area contributed by atoms with Crippen LogP contribution in [0.2, 0.25) is 0 Å². The molecule has 1 saturated carbocycles. The lowest BCUT2D eigenvalue weighted by Gasteiger charge is -2.29. The minimum absolute atomic E-state index is 0.0790. The van der Waals surface area contributed by atoms with E-state index in [0.29, 0.717) is 17.7 Å². The molecule has 1 aliphatic heterocycles. The fourth-order valence-electron chi connectivity index (χ4n) is 3.35. The second kappa shape index (κ2) is 8.10. The number of ether oxygens (including phenoxy) is 1. The van der Waals surface area contributed by atoms with E-state index in [1.165, 1.54) is 31.0 Å². The normalized spacial score (nSPS) is 26.1. The summed E-state index contributed by atoms with van der Waals surface area (Å²) in [4.78, 5) is 12.2. The molecule has 8 heteroatoms. The third-order valence-corrected chi connectivity index (χ3v) is 5.72. The second-order valence-corrected chi connectivity index (χ2v) is 7.42. The zero-order chi connectivity index (χ0) is 16.1. The predicted molar refractivity (Wildman–Crippen MR) is 87.2 cm³/mol. The number of rotatable bonds is 5. The first kappa shape index (κ1) is 16.7. The minimum Gasteiger partial charge on any atom is -0.381 e. The Labute approximate surface area is 140 Å². The number of carbonyl (C=O) groups excluding carboxylic acids is 1. The molecule has 0 radical (unpaired) electrons. The number of hydrogen-bond donors (Lipinski definition) is 1. The summed E-state index contributed by atoms with van der Waals surface area (Å²) >= 11 is 1.42. The molecule has 0 bridgehead atoms. The van der Waals surface area contributed by atoms with Gasteiger partial charge in [-0.15, -0.1) is 5.10 Å². The molecule has 1 aromatic heterocycles. The van der Waals surface area contributed by atoms with Gasteiger partial charge < -0.3 is 10.1 Å². The first-order valence-electron chi connectivity index (χ1n) is 8.52. The fourth-order valence-corrected chi connectivity index (χ4v) is 4.10. The van der Waals surface area contributed by atoms with Crippen molar-refractivity contribution in [3.8, 4) is 0 Å². The van der Waals surface area contributed by atoms with Gasteiger partial charge in [0.25, 0.3) is 0 Å². The molecule has 2 atom stereocenters. The van der Waals surface area contributed by atoms with Crippen LogP contribution in [0.3, 0.4) is 0 Å². The molecule has 128 valence electrons. The van der Waals surface area contributed by atoms with Crippen molar-refractivity contribution in [1.82, 2.24) is 25.5 Å². The van der Waals surface area contributed by atoms with E-state index in [2.05, 4.69) is 27.8 Å². The van der Waals surface area contributed by atoms with E-state index in [1.54, 1.807) is 0 Å². The zero-order valence-corrected chi connectivity index (χ0v) is 14.4. The van der Waals surface area contributed by atoms with Gasteiger partial charge in [0.15, 0.2) is 0 Å². The molecule has 1 aromatic rings. The summed E-state index contributed by atoms with van der Waals surface area (Å²) in [6.07, 6.45) is 6.64. The van der Waals surface area contributed by atoms with Gasteiger partial charge in [0.1, 0.15) is 0 Å². The van der Waals surface area contributed by atoms with E-state index in [4.69, 9.17) is 4.74 Å². The molecule has 0 spiro atoms. The predicted octanol–water partition coefficient (Wildman–Crippen LogP) is 1.81. The second-order valence-electron chi connectivity index (χ2n) is 6.47. The summed E-state index contributed by atoms with van der Waals surface area (Å²) in [7, 11) is 0. The molecular formula is C15H25N5O2S. The van der Waals surface area contributed by atoms with Crippen LogP contribution in [0.5, 0.6) is 0 Å². The molecule has 1 aliphatic carbocycles. The molecule has 0 aromatic carbocycles. The summed E-state index contributed by atoms with van der Waals surface area (Å²) in [5, 5.41) is 15.8. The Morgan fingerprint density at radius 3 is 2.87 bits per heavy atom. The number of nitrogens with one attached hydrogen (secondary N) is 1. The van der Waals surface area contributed by atoms with Crippen molar-refractivity contribution >= 4 is 17.7 Å². The lowest BCUT2D eigenvalue weighted by atomic mass is 9.86. The zero-order valence-electron chi connectivity index (χ0n) is 13.6. The van der Waals surface area contributed by atoms with E-state index < -0.39 is 0 Å². The highest BCUT2D eigenvalue weighted by molar-refractivity contribution is 7.99. The van der Waals surface area contributed by atoms with E-state index in [0.717, 1.165) is 37.6 Å². The Morgan fingerprint density at radius 2 is 2.09 bits per heavy atom. The van der Waals surface area contributed by atoms with Crippen molar-refractivity contribution in [3.63, 3.8) is 0 Å². The summed E-state index contributed by atoms with van der Waals surface area (Å²) < 4.78 is 7.23. The maximum absolute atomic E-state index is 12.2. The Bertz CT molecular complexity index is 518. The van der Waals surface area contributed by atoms with Gasteiger partial charge in [-0.2, -0.15) is 0 Å². The molecule has 2 unspecified atom stereocenters. The maximum atomic E-state index is 12.2. The van der Waals surface area contributed by atoms with Crippen molar-refractivity contribution in [1.29, 1.82) is 0 Å². The highest BCUT2D eigenvalue weighted by Crippen LogP contribution is 2.26. The third kappa shape index (κ3) is 4.44. The molecule has 1 N–H and O–H groups in total. The largest absolute Gasteiger partial charge is 0.381 e. The highest BCUT2D eigenvalue weighted by atomic mass is 32.2.